The zero-order chi connectivity index (χ0) is 21.1. The Morgan fingerprint density at radius 3 is 2.50 bits per heavy atom. The third kappa shape index (κ3) is 5.54. The van der Waals surface area contributed by atoms with Crippen LogP contribution in [0.15, 0.2) is 42.4 Å². The van der Waals surface area contributed by atoms with Crippen LogP contribution in [-0.4, -0.2) is 25.2 Å². The number of rotatable bonds is 5. The lowest BCUT2D eigenvalue weighted by Gasteiger charge is -2.11. The number of hydrogen-bond donors (Lipinski definition) is 4. The maximum Gasteiger partial charge on any atom is 0.229 e. The third-order valence-corrected chi connectivity index (χ3v) is 3.55. The molecule has 0 spiro atoms. The average molecular weight is 386 g/mol. The Morgan fingerprint density at radius 1 is 1.32 bits per heavy atom. The largest absolute Gasteiger partial charge is 0.483 e. The van der Waals surface area contributed by atoms with Crippen LogP contribution in [0.25, 0.3) is 22.9 Å². The van der Waals surface area contributed by atoms with Crippen molar-refractivity contribution in [2.45, 2.75) is 0 Å². The summed E-state index contributed by atoms with van der Waals surface area (Å²) in [6.07, 6.45) is 4.06. The summed E-state index contributed by atoms with van der Waals surface area (Å²) in [6, 6.07) is 10.6. The van der Waals surface area contributed by atoms with Gasteiger partial charge in [0.2, 0.25) is 6.93 Å². The molecule has 0 bridgehead atoms. The number of allylic oxidation sites excluding steroid dienone is 1. The molecule has 2 aromatic rings. The molecule has 0 unspecified atom stereocenters. The molecule has 28 heavy (non-hydrogen) atoms. The third-order valence-electron chi connectivity index (χ3n) is 3.55. The van der Waals surface area contributed by atoms with Crippen LogP contribution in [0.3, 0.4) is 0 Å². The average Bonchev–Trinajstić information content (AvgIpc) is 2.71. The highest BCUT2D eigenvalue weighted by Gasteiger charge is 2.12. The van der Waals surface area contributed by atoms with Crippen molar-refractivity contribution < 1.29 is 13.5 Å². The first-order valence-electron chi connectivity index (χ1n) is 7.82. The summed E-state index contributed by atoms with van der Waals surface area (Å²) >= 11 is 0. The number of halogens is 2. The van der Waals surface area contributed by atoms with Crippen LogP contribution in [0, 0.1) is 16.7 Å². The van der Waals surface area contributed by atoms with Crippen LogP contribution in [0.4, 0.5) is 14.5 Å². The van der Waals surface area contributed by atoms with Crippen molar-refractivity contribution in [3.8, 4) is 17.3 Å². The quantitative estimate of drug-likeness (QED) is 0.353. The van der Waals surface area contributed by atoms with E-state index in [9.17, 15) is 8.78 Å². The second-order valence-electron chi connectivity index (χ2n) is 5.17. The summed E-state index contributed by atoms with van der Waals surface area (Å²) in [6.45, 7) is -1.75. The molecule has 0 saturated heterocycles. The summed E-state index contributed by atoms with van der Waals surface area (Å²) in [7, 11) is 1.47. The number of aromatic nitrogens is 1. The van der Waals surface area contributed by atoms with Gasteiger partial charge in [-0.2, -0.15) is 5.26 Å². The van der Waals surface area contributed by atoms with E-state index in [0.717, 1.165) is 6.21 Å². The van der Waals surface area contributed by atoms with Gasteiger partial charge < -0.3 is 27.3 Å². The van der Waals surface area contributed by atoms with Gasteiger partial charge in [-0.05, 0) is 18.2 Å². The van der Waals surface area contributed by atoms with Gasteiger partial charge in [0.25, 0.3) is 0 Å². The molecule has 0 radical (unpaired) electrons. The molecule has 9 heteroatoms. The van der Waals surface area contributed by atoms with Gasteiger partial charge in [0.05, 0.1) is 12.8 Å². The summed E-state index contributed by atoms with van der Waals surface area (Å²) in [5.74, 6) is 0.238. The first-order chi connectivity index (χ1) is 13.4. The molecular formula is C19H20F2N6O. The molecule has 0 atom stereocenters. The van der Waals surface area contributed by atoms with Crippen molar-refractivity contribution in [2.75, 3.05) is 19.8 Å². The number of benzene rings is 1. The Bertz CT molecular complexity index is 935. The molecule has 1 aromatic heterocycles. The molecule has 0 amide bonds. The van der Waals surface area contributed by atoms with E-state index in [0.29, 0.717) is 33.6 Å². The lowest BCUT2D eigenvalue weighted by molar-refractivity contribution is 0.291. The van der Waals surface area contributed by atoms with Crippen molar-refractivity contribution in [3.05, 3.63) is 59.2 Å². The second kappa shape index (κ2) is 10.9. The molecule has 2 rings (SSSR count). The number of hydrogen-bond acceptors (Lipinski definition) is 7. The van der Waals surface area contributed by atoms with E-state index < -0.39 is 6.93 Å². The van der Waals surface area contributed by atoms with Gasteiger partial charge in [-0.3, -0.25) is 0 Å². The monoisotopic (exact) mass is 386 g/mol. The summed E-state index contributed by atoms with van der Waals surface area (Å²) in [4.78, 5) is 4.34. The zero-order valence-electron chi connectivity index (χ0n) is 15.1. The number of nitrogen functional groups attached to an aromatic ring is 1. The topological polar surface area (TPSA) is 148 Å². The van der Waals surface area contributed by atoms with E-state index in [4.69, 9.17) is 32.6 Å². The number of anilines is 1. The normalized spacial score (nSPS) is 11.1. The highest BCUT2D eigenvalue weighted by molar-refractivity contribution is 6.10. The van der Waals surface area contributed by atoms with Crippen LogP contribution in [0.1, 0.15) is 16.8 Å². The highest BCUT2D eigenvalue weighted by Crippen LogP contribution is 2.29. The minimum absolute atomic E-state index is 0.238. The van der Waals surface area contributed by atoms with Crippen LogP contribution >= 0.6 is 0 Å². The van der Waals surface area contributed by atoms with Crippen molar-refractivity contribution in [1.29, 1.82) is 10.7 Å². The molecule has 146 valence electrons. The number of nitrogens with two attached hydrogens (primary N) is 3. The van der Waals surface area contributed by atoms with Gasteiger partial charge in [-0.15, -0.1) is 0 Å². The summed E-state index contributed by atoms with van der Waals surface area (Å²) < 4.78 is 24.2. The summed E-state index contributed by atoms with van der Waals surface area (Å²) in [5, 5.41) is 16.6. The molecule has 0 aliphatic heterocycles. The zero-order valence-corrected chi connectivity index (χ0v) is 15.1. The molecule has 0 fully saturated rings. The van der Waals surface area contributed by atoms with Gasteiger partial charge in [-0.25, -0.2) is 13.8 Å². The van der Waals surface area contributed by atoms with E-state index >= 15 is 0 Å². The number of methoxy groups -OCH3 is 1. The van der Waals surface area contributed by atoms with Crippen molar-refractivity contribution in [2.24, 2.45) is 11.5 Å². The van der Waals surface area contributed by atoms with Crippen LogP contribution < -0.4 is 17.2 Å². The Morgan fingerprint density at radius 2 is 2.00 bits per heavy atom. The predicted molar refractivity (Wildman–Crippen MR) is 106 cm³/mol. The number of ether oxygens (including phenoxy) is 1. The molecule has 1 heterocycles. The Hall–Kier alpha value is -3.93. The molecule has 7 N–H and O–H groups in total. The molecular weight excluding hydrogens is 366 g/mol. The predicted octanol–water partition coefficient (Wildman–Crippen LogP) is 2.94. The smallest absolute Gasteiger partial charge is 0.229 e. The standard InChI is InChI=1S/C18H18N6O.CH2F2/c1-25-17(23)7-11-2-3-12(6-16(11)22)18-15(13(8-19)9-20)5-4-14(10-21)24-18;2-1-3/h2-9,19H,20,22-23H2,1H3;1H2/b13-9+,17-7+,19-8?;. The highest BCUT2D eigenvalue weighted by atomic mass is 19.3. The first-order valence-corrected chi connectivity index (χ1v) is 7.82. The minimum atomic E-state index is -1.75. The van der Waals surface area contributed by atoms with Crippen molar-refractivity contribution in [1.82, 2.24) is 4.98 Å². The van der Waals surface area contributed by atoms with E-state index in [2.05, 4.69) is 4.98 Å². The fourth-order valence-corrected chi connectivity index (χ4v) is 2.26. The van der Waals surface area contributed by atoms with E-state index in [1.165, 1.54) is 13.3 Å². The van der Waals surface area contributed by atoms with Gasteiger partial charge in [0, 0.05) is 46.4 Å². The Kier molecular flexibility index (Phi) is 8.63. The first kappa shape index (κ1) is 22.1. The van der Waals surface area contributed by atoms with Gasteiger partial charge in [0.15, 0.2) is 5.88 Å². The van der Waals surface area contributed by atoms with Crippen LogP contribution in [-0.2, 0) is 4.74 Å². The number of nitrogens with one attached hydrogen (secondary N) is 1. The number of nitrogens with zero attached hydrogens (tertiary/aromatic N) is 2. The molecule has 0 aliphatic rings. The molecule has 0 aliphatic carbocycles. The minimum Gasteiger partial charge on any atom is -0.483 e. The fraction of sp³-hybridized carbons (Fsp3) is 0.105. The maximum atomic E-state index is 9.62. The second-order valence-corrected chi connectivity index (χ2v) is 5.17. The number of nitriles is 1. The van der Waals surface area contributed by atoms with Crippen LogP contribution in [0.5, 0.6) is 0 Å². The lowest BCUT2D eigenvalue weighted by Crippen LogP contribution is -2.01. The van der Waals surface area contributed by atoms with Gasteiger partial charge in [0.1, 0.15) is 11.8 Å². The van der Waals surface area contributed by atoms with Crippen LogP contribution in [0.2, 0.25) is 0 Å². The fourth-order valence-electron chi connectivity index (χ4n) is 2.26. The van der Waals surface area contributed by atoms with E-state index in [-0.39, 0.29) is 11.6 Å². The molecule has 1 aromatic carbocycles. The van der Waals surface area contributed by atoms with Crippen molar-refractivity contribution in [3.63, 3.8) is 0 Å². The Labute approximate surface area is 161 Å². The maximum absolute atomic E-state index is 9.62. The van der Waals surface area contributed by atoms with Crippen molar-refractivity contribution >= 4 is 23.6 Å². The molecule has 0 saturated carbocycles. The summed E-state index contributed by atoms with van der Waals surface area (Å²) in [5.41, 5.74) is 21.1. The number of pyridine rings is 1. The van der Waals surface area contributed by atoms with Gasteiger partial charge >= 0.3 is 0 Å². The lowest BCUT2D eigenvalue weighted by atomic mass is 9.98. The Balaban J connectivity index is 0.00000122. The number of alkyl halides is 2. The van der Waals surface area contributed by atoms with Gasteiger partial charge in [-0.1, -0.05) is 12.1 Å². The SMILES string of the molecule is CO/C(N)=C/c1ccc(-c2nc(C#N)ccc2/C(C=N)=C/N)cc1N.FCF. The van der Waals surface area contributed by atoms with E-state index in [1.54, 1.807) is 36.4 Å². The van der Waals surface area contributed by atoms with E-state index in [1.807, 2.05) is 6.07 Å². The molecule has 7 nitrogen and oxygen atoms in total.